The summed E-state index contributed by atoms with van der Waals surface area (Å²) in [6.07, 6.45) is 7.79. The summed E-state index contributed by atoms with van der Waals surface area (Å²) in [5.74, 6) is 0.341. The molecule has 0 spiro atoms. The Morgan fingerprint density at radius 3 is 2.72 bits per heavy atom. The largest absolute Gasteiger partial charge is 0.382 e. The molecule has 1 fully saturated rings. The molecule has 1 amide bonds. The average Bonchev–Trinajstić information content (AvgIpc) is 3.07. The number of fused-ring (bicyclic) bond motifs is 1. The normalized spacial score (nSPS) is 15.5. The number of hydrogen-bond donors (Lipinski definition) is 2. The smallest absolute Gasteiger partial charge is 0.248 e. The van der Waals surface area contributed by atoms with Gasteiger partial charge < -0.3 is 16.0 Å². The zero-order chi connectivity index (χ0) is 17.4. The summed E-state index contributed by atoms with van der Waals surface area (Å²) >= 11 is 0. The first-order valence-electron chi connectivity index (χ1n) is 8.54. The molecule has 128 valence electrons. The van der Waals surface area contributed by atoms with Crippen LogP contribution < -0.4 is 11.5 Å². The first-order valence-corrected chi connectivity index (χ1v) is 8.54. The molecule has 1 aliphatic carbocycles. The third kappa shape index (κ3) is 2.82. The molecule has 0 radical (unpaired) electrons. The third-order valence-electron chi connectivity index (χ3n) is 4.82. The second-order valence-electron chi connectivity index (χ2n) is 6.49. The van der Waals surface area contributed by atoms with Crippen molar-refractivity contribution < 1.29 is 4.79 Å². The van der Waals surface area contributed by atoms with E-state index >= 15 is 0 Å². The summed E-state index contributed by atoms with van der Waals surface area (Å²) < 4.78 is 2.12. The number of nitrogens with two attached hydrogens (primary N) is 2. The molecule has 7 heteroatoms. The van der Waals surface area contributed by atoms with E-state index in [0.717, 1.165) is 18.5 Å². The molecule has 0 unspecified atom stereocenters. The Morgan fingerprint density at radius 1 is 1.16 bits per heavy atom. The number of primary amides is 1. The summed E-state index contributed by atoms with van der Waals surface area (Å²) in [5.41, 5.74) is 14.0. The Bertz CT molecular complexity index is 942. The van der Waals surface area contributed by atoms with E-state index in [-0.39, 0.29) is 0 Å². The molecule has 0 atom stereocenters. The third-order valence-corrected chi connectivity index (χ3v) is 4.82. The second kappa shape index (κ2) is 6.16. The predicted molar refractivity (Wildman–Crippen MR) is 95.8 cm³/mol. The lowest BCUT2D eigenvalue weighted by Gasteiger charge is -2.23. The standard InChI is InChI=1S/C18H20N6O/c19-15-14-18(24(10-21-14)13-7-2-1-3-8-13)23-17(22-15)12-6-4-5-11(9-12)16(20)25/h4-6,9-10,13H,1-3,7-8H2,(H2,20,25)(H2,19,22,23). The number of nitrogen functional groups attached to an aromatic ring is 1. The number of nitrogens with zero attached hydrogens (tertiary/aromatic N) is 4. The molecule has 25 heavy (non-hydrogen) atoms. The second-order valence-corrected chi connectivity index (χ2v) is 6.49. The van der Waals surface area contributed by atoms with Crippen molar-refractivity contribution in [3.63, 3.8) is 0 Å². The summed E-state index contributed by atoms with van der Waals surface area (Å²) in [6, 6.07) is 7.36. The molecular formula is C18H20N6O. The van der Waals surface area contributed by atoms with Crippen LogP contribution in [0.5, 0.6) is 0 Å². The maximum atomic E-state index is 11.4. The van der Waals surface area contributed by atoms with Gasteiger partial charge in [0.15, 0.2) is 17.3 Å². The van der Waals surface area contributed by atoms with Crippen molar-refractivity contribution in [2.75, 3.05) is 5.73 Å². The zero-order valence-electron chi connectivity index (χ0n) is 13.9. The van der Waals surface area contributed by atoms with Crippen molar-refractivity contribution in [2.45, 2.75) is 38.1 Å². The summed E-state index contributed by atoms with van der Waals surface area (Å²) in [6.45, 7) is 0. The van der Waals surface area contributed by atoms with Crippen molar-refractivity contribution in [3.05, 3.63) is 36.2 Å². The molecule has 1 aliphatic rings. The lowest BCUT2D eigenvalue weighted by atomic mass is 9.95. The van der Waals surface area contributed by atoms with Crippen molar-refractivity contribution >= 4 is 22.9 Å². The molecular weight excluding hydrogens is 316 g/mol. The molecule has 4 rings (SSSR count). The van der Waals surface area contributed by atoms with Crippen LogP contribution in [0.4, 0.5) is 5.82 Å². The van der Waals surface area contributed by atoms with Crippen molar-refractivity contribution in [1.82, 2.24) is 19.5 Å². The van der Waals surface area contributed by atoms with Gasteiger partial charge in [-0.2, -0.15) is 0 Å². The minimum absolute atomic E-state index is 0.346. The number of benzene rings is 1. The molecule has 3 aromatic rings. The van der Waals surface area contributed by atoms with Gasteiger partial charge >= 0.3 is 0 Å². The highest BCUT2D eigenvalue weighted by Crippen LogP contribution is 2.32. The summed E-state index contributed by atoms with van der Waals surface area (Å²) in [4.78, 5) is 24.9. The van der Waals surface area contributed by atoms with E-state index in [1.54, 1.807) is 18.2 Å². The van der Waals surface area contributed by atoms with E-state index in [9.17, 15) is 4.79 Å². The van der Waals surface area contributed by atoms with Crippen molar-refractivity contribution in [2.24, 2.45) is 5.73 Å². The maximum Gasteiger partial charge on any atom is 0.248 e. The Hall–Kier alpha value is -2.96. The van der Waals surface area contributed by atoms with Crippen LogP contribution in [0.25, 0.3) is 22.6 Å². The number of aromatic nitrogens is 4. The summed E-state index contributed by atoms with van der Waals surface area (Å²) in [5, 5.41) is 0. The Labute approximate surface area is 145 Å². The SMILES string of the molecule is NC(=O)c1cccc(-c2nc(N)c3ncn(C4CCCCC4)c3n2)c1. The Kier molecular flexibility index (Phi) is 3.83. The first-order chi connectivity index (χ1) is 12.1. The van der Waals surface area contributed by atoms with Gasteiger partial charge in [-0.25, -0.2) is 15.0 Å². The number of amides is 1. The minimum Gasteiger partial charge on any atom is -0.382 e. The fourth-order valence-electron chi connectivity index (χ4n) is 3.51. The van der Waals surface area contributed by atoms with Crippen LogP contribution in [0.3, 0.4) is 0 Å². The lowest BCUT2D eigenvalue weighted by molar-refractivity contribution is 0.100. The number of carbonyl (C=O) groups is 1. The van der Waals surface area contributed by atoms with E-state index in [2.05, 4.69) is 14.5 Å². The quantitative estimate of drug-likeness (QED) is 0.763. The zero-order valence-corrected chi connectivity index (χ0v) is 13.9. The van der Waals surface area contributed by atoms with Crippen LogP contribution in [0.2, 0.25) is 0 Å². The highest BCUT2D eigenvalue weighted by atomic mass is 16.1. The van der Waals surface area contributed by atoms with Gasteiger partial charge in [0.05, 0.1) is 6.33 Å². The molecule has 7 nitrogen and oxygen atoms in total. The van der Waals surface area contributed by atoms with Gasteiger partial charge in [0, 0.05) is 17.2 Å². The van der Waals surface area contributed by atoms with Gasteiger partial charge in [-0.05, 0) is 25.0 Å². The molecule has 2 heterocycles. The fourth-order valence-corrected chi connectivity index (χ4v) is 3.51. The van der Waals surface area contributed by atoms with E-state index in [4.69, 9.17) is 16.5 Å². The number of imidazole rings is 1. The van der Waals surface area contributed by atoms with Gasteiger partial charge in [-0.1, -0.05) is 31.4 Å². The highest BCUT2D eigenvalue weighted by molar-refractivity contribution is 5.94. The molecule has 1 aromatic carbocycles. The van der Waals surface area contributed by atoms with Crippen LogP contribution >= 0.6 is 0 Å². The maximum absolute atomic E-state index is 11.4. The number of hydrogen-bond acceptors (Lipinski definition) is 5. The van der Waals surface area contributed by atoms with E-state index < -0.39 is 5.91 Å². The van der Waals surface area contributed by atoms with Gasteiger partial charge in [0.2, 0.25) is 5.91 Å². The van der Waals surface area contributed by atoms with Crippen molar-refractivity contribution in [1.29, 1.82) is 0 Å². The number of carbonyl (C=O) groups excluding carboxylic acids is 1. The van der Waals surface area contributed by atoms with Gasteiger partial charge in [-0.15, -0.1) is 0 Å². The Morgan fingerprint density at radius 2 is 1.96 bits per heavy atom. The topological polar surface area (TPSA) is 113 Å². The molecule has 0 aliphatic heterocycles. The fraction of sp³-hybridized carbons (Fsp3) is 0.333. The monoisotopic (exact) mass is 336 g/mol. The van der Waals surface area contributed by atoms with Gasteiger partial charge in [0.25, 0.3) is 0 Å². The molecule has 0 saturated heterocycles. The minimum atomic E-state index is -0.483. The van der Waals surface area contributed by atoms with Crippen LogP contribution in [-0.4, -0.2) is 25.4 Å². The predicted octanol–water partition coefficient (Wildman–Crippen LogP) is 2.68. The van der Waals surface area contributed by atoms with Crippen LogP contribution in [0, 0.1) is 0 Å². The highest BCUT2D eigenvalue weighted by Gasteiger charge is 2.20. The average molecular weight is 336 g/mol. The summed E-state index contributed by atoms with van der Waals surface area (Å²) in [7, 11) is 0. The van der Waals surface area contributed by atoms with Crippen LogP contribution in [-0.2, 0) is 0 Å². The first kappa shape index (κ1) is 15.6. The van der Waals surface area contributed by atoms with E-state index in [1.807, 2.05) is 12.4 Å². The number of rotatable bonds is 3. The van der Waals surface area contributed by atoms with E-state index in [0.29, 0.717) is 34.3 Å². The molecule has 4 N–H and O–H groups in total. The lowest BCUT2D eigenvalue weighted by Crippen LogP contribution is -2.13. The number of anilines is 1. The van der Waals surface area contributed by atoms with Crippen molar-refractivity contribution in [3.8, 4) is 11.4 Å². The van der Waals surface area contributed by atoms with Gasteiger partial charge in [0.1, 0.15) is 5.52 Å². The van der Waals surface area contributed by atoms with Gasteiger partial charge in [-0.3, -0.25) is 4.79 Å². The molecule has 1 saturated carbocycles. The van der Waals surface area contributed by atoms with Crippen LogP contribution in [0.1, 0.15) is 48.5 Å². The molecule has 2 aromatic heterocycles. The van der Waals surface area contributed by atoms with Crippen LogP contribution in [0.15, 0.2) is 30.6 Å². The Balaban J connectivity index is 1.83. The van der Waals surface area contributed by atoms with E-state index in [1.165, 1.54) is 19.3 Å². The molecule has 0 bridgehead atoms.